The van der Waals surface area contributed by atoms with Crippen molar-refractivity contribution < 1.29 is 9.90 Å². The second-order valence-corrected chi connectivity index (χ2v) is 4.41. The average molecular weight is 272 g/mol. The van der Waals surface area contributed by atoms with E-state index in [-0.39, 0.29) is 12.3 Å². The monoisotopic (exact) mass is 271 g/mol. The molecule has 15 heavy (non-hydrogen) atoms. The molecule has 1 aromatic rings. The lowest BCUT2D eigenvalue weighted by Crippen LogP contribution is -2.16. The average Bonchev–Trinajstić information content (AvgIpc) is 2.18. The van der Waals surface area contributed by atoms with Crippen LogP contribution in [-0.4, -0.2) is 17.6 Å². The van der Waals surface area contributed by atoms with Crippen molar-refractivity contribution in [1.82, 2.24) is 0 Å². The highest BCUT2D eigenvalue weighted by Crippen LogP contribution is 2.27. The van der Waals surface area contributed by atoms with E-state index in [1.165, 1.54) is 0 Å². The molecule has 0 fully saturated rings. The molecule has 3 N–H and O–H groups in total. The van der Waals surface area contributed by atoms with E-state index in [1.807, 2.05) is 25.1 Å². The first kappa shape index (κ1) is 12.2. The van der Waals surface area contributed by atoms with Gasteiger partial charge in [0.15, 0.2) is 0 Å². The van der Waals surface area contributed by atoms with Gasteiger partial charge in [-0.25, -0.2) is 0 Å². The minimum absolute atomic E-state index is 0.0680. The Kier molecular flexibility index (Phi) is 4.29. The molecule has 0 aliphatic carbocycles. The van der Waals surface area contributed by atoms with Crippen LogP contribution in [0.15, 0.2) is 22.7 Å². The van der Waals surface area contributed by atoms with E-state index in [1.54, 1.807) is 0 Å². The first-order valence-electron chi connectivity index (χ1n) is 4.72. The largest absolute Gasteiger partial charge is 0.481 e. The van der Waals surface area contributed by atoms with Crippen molar-refractivity contribution in [2.45, 2.75) is 19.3 Å². The molecule has 1 atom stereocenters. The van der Waals surface area contributed by atoms with Crippen molar-refractivity contribution >= 4 is 21.9 Å². The topological polar surface area (TPSA) is 63.3 Å². The molecule has 0 saturated heterocycles. The van der Waals surface area contributed by atoms with Crippen LogP contribution in [0.4, 0.5) is 0 Å². The van der Waals surface area contributed by atoms with Crippen LogP contribution in [0.2, 0.25) is 0 Å². The summed E-state index contributed by atoms with van der Waals surface area (Å²) >= 11 is 3.41. The normalized spacial score (nSPS) is 12.5. The molecule has 3 nitrogen and oxygen atoms in total. The van der Waals surface area contributed by atoms with Gasteiger partial charge in [-0.15, -0.1) is 0 Å². The number of carboxylic acid groups (broad SMARTS) is 1. The van der Waals surface area contributed by atoms with Gasteiger partial charge in [0.2, 0.25) is 0 Å². The van der Waals surface area contributed by atoms with Crippen molar-refractivity contribution in [3.8, 4) is 0 Å². The molecule has 0 bridgehead atoms. The van der Waals surface area contributed by atoms with Crippen LogP contribution in [0.3, 0.4) is 0 Å². The highest BCUT2D eigenvalue weighted by molar-refractivity contribution is 9.10. The lowest BCUT2D eigenvalue weighted by atomic mass is 9.95. The summed E-state index contributed by atoms with van der Waals surface area (Å²) in [6.45, 7) is 2.32. The molecule has 0 heterocycles. The maximum Gasteiger partial charge on any atom is 0.304 e. The van der Waals surface area contributed by atoms with E-state index in [4.69, 9.17) is 10.8 Å². The van der Waals surface area contributed by atoms with Gasteiger partial charge in [0, 0.05) is 10.4 Å². The number of rotatable bonds is 4. The molecule has 4 heteroatoms. The van der Waals surface area contributed by atoms with Gasteiger partial charge in [-0.2, -0.15) is 0 Å². The zero-order valence-corrected chi connectivity index (χ0v) is 10.1. The lowest BCUT2D eigenvalue weighted by molar-refractivity contribution is -0.137. The third kappa shape index (κ3) is 3.32. The molecule has 1 aromatic carbocycles. The van der Waals surface area contributed by atoms with Gasteiger partial charge in [-0.05, 0) is 25.1 Å². The second kappa shape index (κ2) is 5.28. The predicted molar refractivity (Wildman–Crippen MR) is 62.9 cm³/mol. The van der Waals surface area contributed by atoms with Crippen LogP contribution in [0.1, 0.15) is 23.5 Å². The SMILES string of the molecule is Cc1ccc(Br)c(C(CN)CC(=O)O)c1. The molecule has 0 spiro atoms. The number of aliphatic carboxylic acids is 1. The van der Waals surface area contributed by atoms with E-state index < -0.39 is 5.97 Å². The highest BCUT2D eigenvalue weighted by atomic mass is 79.9. The van der Waals surface area contributed by atoms with Crippen molar-refractivity contribution in [1.29, 1.82) is 0 Å². The van der Waals surface area contributed by atoms with Gasteiger partial charge >= 0.3 is 5.97 Å². The molecule has 0 radical (unpaired) electrons. The number of benzene rings is 1. The fraction of sp³-hybridized carbons (Fsp3) is 0.364. The number of carbonyl (C=O) groups is 1. The van der Waals surface area contributed by atoms with Crippen molar-refractivity contribution in [3.05, 3.63) is 33.8 Å². The number of halogens is 1. The van der Waals surface area contributed by atoms with Gasteiger partial charge < -0.3 is 10.8 Å². The molecule has 1 unspecified atom stereocenters. The molecule has 0 aromatic heterocycles. The Morgan fingerprint density at radius 2 is 2.27 bits per heavy atom. The molecule has 82 valence electrons. The molecule has 0 aliphatic heterocycles. The Bertz CT molecular complexity index is 366. The van der Waals surface area contributed by atoms with E-state index in [9.17, 15) is 4.79 Å². The van der Waals surface area contributed by atoms with Crippen LogP contribution < -0.4 is 5.73 Å². The van der Waals surface area contributed by atoms with Gasteiger partial charge in [-0.3, -0.25) is 4.79 Å². The number of aryl methyl sites for hydroxylation is 1. The predicted octanol–water partition coefficient (Wildman–Crippen LogP) is 2.27. The van der Waals surface area contributed by atoms with Gasteiger partial charge in [-0.1, -0.05) is 33.6 Å². The van der Waals surface area contributed by atoms with Gasteiger partial charge in [0.1, 0.15) is 0 Å². The summed E-state index contributed by atoms with van der Waals surface area (Å²) in [5, 5.41) is 8.77. The Morgan fingerprint density at radius 3 is 2.80 bits per heavy atom. The number of carboxylic acids is 1. The Labute approximate surface area is 97.4 Å². The van der Waals surface area contributed by atoms with Crippen LogP contribution in [0.25, 0.3) is 0 Å². The van der Waals surface area contributed by atoms with Crippen molar-refractivity contribution in [2.75, 3.05) is 6.54 Å². The van der Waals surface area contributed by atoms with Crippen LogP contribution in [-0.2, 0) is 4.79 Å². The summed E-state index contributed by atoms with van der Waals surface area (Å²) in [7, 11) is 0. The fourth-order valence-corrected chi connectivity index (χ4v) is 2.08. The Hall–Kier alpha value is -0.870. The van der Waals surface area contributed by atoms with Crippen LogP contribution in [0.5, 0.6) is 0 Å². The van der Waals surface area contributed by atoms with Gasteiger partial charge in [0.25, 0.3) is 0 Å². The molecule has 0 saturated carbocycles. The van der Waals surface area contributed by atoms with Crippen molar-refractivity contribution in [3.63, 3.8) is 0 Å². The first-order valence-corrected chi connectivity index (χ1v) is 5.51. The standard InChI is InChI=1S/C11H14BrNO2/c1-7-2-3-10(12)9(4-7)8(6-13)5-11(14)15/h2-4,8H,5-6,13H2,1H3,(H,14,15). The van der Waals surface area contributed by atoms with E-state index in [0.717, 1.165) is 15.6 Å². The van der Waals surface area contributed by atoms with Crippen LogP contribution >= 0.6 is 15.9 Å². The van der Waals surface area contributed by atoms with Gasteiger partial charge in [0.05, 0.1) is 6.42 Å². The summed E-state index contributed by atoms with van der Waals surface area (Å²) in [5.74, 6) is -0.948. The number of hydrogen-bond acceptors (Lipinski definition) is 2. The molecular formula is C11H14BrNO2. The van der Waals surface area contributed by atoms with E-state index in [2.05, 4.69) is 15.9 Å². The maximum absolute atomic E-state index is 10.7. The first-order chi connectivity index (χ1) is 7.04. The molecule has 1 rings (SSSR count). The third-order valence-corrected chi connectivity index (χ3v) is 3.02. The minimum atomic E-state index is -0.821. The number of hydrogen-bond donors (Lipinski definition) is 2. The lowest BCUT2D eigenvalue weighted by Gasteiger charge is -2.15. The Balaban J connectivity index is 3.00. The summed E-state index contributed by atoms with van der Waals surface area (Å²) in [4.78, 5) is 10.7. The summed E-state index contributed by atoms with van der Waals surface area (Å²) in [5.41, 5.74) is 7.67. The van der Waals surface area contributed by atoms with Crippen LogP contribution in [0, 0.1) is 6.92 Å². The molecular weight excluding hydrogens is 258 g/mol. The highest BCUT2D eigenvalue weighted by Gasteiger charge is 2.16. The smallest absolute Gasteiger partial charge is 0.304 e. The quantitative estimate of drug-likeness (QED) is 0.883. The molecule has 0 amide bonds. The third-order valence-electron chi connectivity index (χ3n) is 2.30. The van der Waals surface area contributed by atoms with E-state index >= 15 is 0 Å². The maximum atomic E-state index is 10.7. The molecule has 0 aliphatic rings. The minimum Gasteiger partial charge on any atom is -0.481 e. The summed E-state index contributed by atoms with van der Waals surface area (Å²) in [6.07, 6.45) is 0.0680. The summed E-state index contributed by atoms with van der Waals surface area (Å²) < 4.78 is 0.921. The fourth-order valence-electron chi connectivity index (χ4n) is 1.51. The van der Waals surface area contributed by atoms with E-state index in [0.29, 0.717) is 6.54 Å². The zero-order chi connectivity index (χ0) is 11.4. The summed E-state index contributed by atoms with van der Waals surface area (Å²) in [6, 6.07) is 5.88. The zero-order valence-electron chi connectivity index (χ0n) is 8.53. The number of nitrogens with two attached hydrogens (primary N) is 1. The Morgan fingerprint density at radius 1 is 1.60 bits per heavy atom. The van der Waals surface area contributed by atoms with Crippen molar-refractivity contribution in [2.24, 2.45) is 5.73 Å². The second-order valence-electron chi connectivity index (χ2n) is 3.56.